The maximum absolute atomic E-state index is 13.1. The standard InChI is InChI=1S/C16H21F3N4O5S2/c1-29(24,25)14-9-12(15(21-22-20)16(17,18)19)3-4-13(14)28-10-11-5-7-23(8-6-11)30(2,26)27/h3-4,9,11,15H,5-8,10H2,1-2H3. The summed E-state index contributed by atoms with van der Waals surface area (Å²) in [5.74, 6) is -0.158. The van der Waals surface area contributed by atoms with Gasteiger partial charge in [-0.15, -0.1) is 0 Å². The molecular formula is C16H21F3N4O5S2. The minimum Gasteiger partial charge on any atom is -0.492 e. The van der Waals surface area contributed by atoms with Crippen LogP contribution in [0.25, 0.3) is 10.4 Å². The lowest BCUT2D eigenvalue weighted by Gasteiger charge is -2.30. The molecule has 2 rings (SSSR count). The van der Waals surface area contributed by atoms with Gasteiger partial charge in [-0.2, -0.15) is 13.2 Å². The molecule has 1 atom stereocenters. The maximum atomic E-state index is 13.1. The van der Waals surface area contributed by atoms with E-state index in [1.165, 1.54) is 4.31 Å². The Bertz CT molecular complexity index is 1030. The summed E-state index contributed by atoms with van der Waals surface area (Å²) in [5.41, 5.74) is 7.90. The lowest BCUT2D eigenvalue weighted by atomic mass is 9.99. The molecule has 14 heteroatoms. The van der Waals surface area contributed by atoms with E-state index in [0.29, 0.717) is 25.9 Å². The number of benzene rings is 1. The van der Waals surface area contributed by atoms with Crippen LogP contribution in [0.15, 0.2) is 28.2 Å². The van der Waals surface area contributed by atoms with Crippen molar-refractivity contribution in [3.05, 3.63) is 34.2 Å². The average Bonchev–Trinajstić information content (AvgIpc) is 2.62. The zero-order valence-electron chi connectivity index (χ0n) is 16.2. The summed E-state index contributed by atoms with van der Waals surface area (Å²) < 4.78 is 93.6. The van der Waals surface area contributed by atoms with Crippen molar-refractivity contribution in [3.63, 3.8) is 0 Å². The lowest BCUT2D eigenvalue weighted by Crippen LogP contribution is -2.39. The zero-order valence-corrected chi connectivity index (χ0v) is 17.8. The molecule has 0 aliphatic carbocycles. The van der Waals surface area contributed by atoms with Crippen molar-refractivity contribution in [2.24, 2.45) is 11.0 Å². The first-order chi connectivity index (χ1) is 13.7. The third-order valence-electron chi connectivity index (χ3n) is 4.68. The fourth-order valence-corrected chi connectivity index (χ4v) is 4.81. The van der Waals surface area contributed by atoms with E-state index in [0.717, 1.165) is 30.7 Å². The molecular weight excluding hydrogens is 449 g/mol. The maximum Gasteiger partial charge on any atom is 0.401 e. The van der Waals surface area contributed by atoms with Gasteiger partial charge in [-0.25, -0.2) is 21.1 Å². The highest BCUT2D eigenvalue weighted by Crippen LogP contribution is 2.38. The molecule has 30 heavy (non-hydrogen) atoms. The molecule has 1 aromatic carbocycles. The summed E-state index contributed by atoms with van der Waals surface area (Å²) in [6.07, 6.45) is -1.93. The highest BCUT2D eigenvalue weighted by molar-refractivity contribution is 7.90. The predicted octanol–water partition coefficient (Wildman–Crippen LogP) is 3.05. The Kier molecular flexibility index (Phi) is 7.28. The van der Waals surface area contributed by atoms with E-state index in [4.69, 9.17) is 10.3 Å². The molecule has 0 saturated carbocycles. The van der Waals surface area contributed by atoms with Crippen molar-refractivity contribution in [1.29, 1.82) is 0 Å². The number of piperidine rings is 1. The third kappa shape index (κ3) is 6.24. The Morgan fingerprint density at radius 1 is 1.23 bits per heavy atom. The van der Waals surface area contributed by atoms with Crippen LogP contribution in [0.2, 0.25) is 0 Å². The van der Waals surface area contributed by atoms with Crippen LogP contribution in [0, 0.1) is 5.92 Å². The second-order valence-electron chi connectivity index (χ2n) is 7.04. The number of azide groups is 1. The zero-order chi connectivity index (χ0) is 22.7. The van der Waals surface area contributed by atoms with Gasteiger partial charge >= 0.3 is 6.18 Å². The van der Waals surface area contributed by atoms with Gasteiger partial charge in [0.1, 0.15) is 10.6 Å². The van der Waals surface area contributed by atoms with Gasteiger partial charge in [0.05, 0.1) is 12.9 Å². The molecule has 168 valence electrons. The highest BCUT2D eigenvalue weighted by Gasteiger charge is 2.41. The summed E-state index contributed by atoms with van der Waals surface area (Å²) in [6, 6.07) is 0.368. The summed E-state index contributed by atoms with van der Waals surface area (Å²) >= 11 is 0. The summed E-state index contributed by atoms with van der Waals surface area (Å²) in [4.78, 5) is 1.74. The second-order valence-corrected chi connectivity index (χ2v) is 11.0. The molecule has 1 fully saturated rings. The fraction of sp³-hybridized carbons (Fsp3) is 0.625. The van der Waals surface area contributed by atoms with Gasteiger partial charge < -0.3 is 4.74 Å². The monoisotopic (exact) mass is 470 g/mol. The van der Waals surface area contributed by atoms with Crippen molar-refractivity contribution < 1.29 is 34.7 Å². The van der Waals surface area contributed by atoms with Gasteiger partial charge in [-0.1, -0.05) is 11.2 Å². The van der Waals surface area contributed by atoms with Crippen LogP contribution in [0.1, 0.15) is 24.4 Å². The van der Waals surface area contributed by atoms with Crippen LogP contribution in [0.3, 0.4) is 0 Å². The van der Waals surface area contributed by atoms with Gasteiger partial charge in [0.15, 0.2) is 15.9 Å². The van der Waals surface area contributed by atoms with E-state index in [1.807, 2.05) is 0 Å². The van der Waals surface area contributed by atoms with Crippen LogP contribution >= 0.6 is 0 Å². The number of sulfonamides is 1. The van der Waals surface area contributed by atoms with Gasteiger partial charge in [-0.05, 0) is 42.0 Å². The molecule has 1 unspecified atom stereocenters. The SMILES string of the molecule is CS(=O)(=O)c1cc(C(N=[N+]=[N-])C(F)(F)F)ccc1OCC1CCN(S(C)(=O)=O)CC1. The number of hydrogen-bond donors (Lipinski definition) is 0. The quantitative estimate of drug-likeness (QED) is 0.343. The van der Waals surface area contributed by atoms with Crippen molar-refractivity contribution in [2.75, 3.05) is 32.2 Å². The molecule has 1 aromatic rings. The molecule has 0 spiro atoms. The minimum atomic E-state index is -4.89. The molecule has 1 aliphatic rings. The van der Waals surface area contributed by atoms with E-state index >= 15 is 0 Å². The summed E-state index contributed by atoms with van der Waals surface area (Å²) in [6.45, 7) is 0.701. The van der Waals surface area contributed by atoms with Crippen LogP contribution in [0.5, 0.6) is 5.75 Å². The number of sulfone groups is 1. The van der Waals surface area contributed by atoms with Gasteiger partial charge in [0.2, 0.25) is 10.0 Å². The number of ether oxygens (including phenoxy) is 1. The van der Waals surface area contributed by atoms with Gasteiger partial charge in [-0.3, -0.25) is 0 Å². The highest BCUT2D eigenvalue weighted by atomic mass is 32.2. The van der Waals surface area contributed by atoms with Crippen LogP contribution in [-0.4, -0.2) is 59.5 Å². The molecule has 1 heterocycles. The third-order valence-corrected chi connectivity index (χ3v) is 7.10. The molecule has 0 radical (unpaired) electrons. The van der Waals surface area contributed by atoms with E-state index in [1.54, 1.807) is 0 Å². The predicted molar refractivity (Wildman–Crippen MR) is 102 cm³/mol. The Hall–Kier alpha value is -2.02. The number of hydrogen-bond acceptors (Lipinski definition) is 6. The molecule has 0 amide bonds. The fourth-order valence-electron chi connectivity index (χ4n) is 3.09. The van der Waals surface area contributed by atoms with E-state index in [2.05, 4.69) is 10.0 Å². The van der Waals surface area contributed by atoms with E-state index < -0.39 is 42.5 Å². The Labute approximate surface area is 172 Å². The van der Waals surface area contributed by atoms with Crippen molar-refractivity contribution in [1.82, 2.24) is 4.31 Å². The molecule has 0 bridgehead atoms. The average molecular weight is 470 g/mol. The number of nitrogens with zero attached hydrogens (tertiary/aromatic N) is 4. The van der Waals surface area contributed by atoms with Crippen molar-refractivity contribution in [3.8, 4) is 5.75 Å². The first-order valence-corrected chi connectivity index (χ1v) is 12.5. The molecule has 0 aromatic heterocycles. The molecule has 0 N–H and O–H groups in total. The van der Waals surface area contributed by atoms with E-state index in [9.17, 15) is 30.0 Å². The first kappa shape index (κ1) is 24.3. The number of halogens is 3. The largest absolute Gasteiger partial charge is 0.492 e. The van der Waals surface area contributed by atoms with E-state index in [-0.39, 0.29) is 18.3 Å². The smallest absolute Gasteiger partial charge is 0.401 e. The Balaban J connectivity index is 2.22. The van der Waals surface area contributed by atoms with Crippen LogP contribution < -0.4 is 4.74 Å². The van der Waals surface area contributed by atoms with Gasteiger partial charge in [0, 0.05) is 24.3 Å². The Morgan fingerprint density at radius 3 is 2.30 bits per heavy atom. The Morgan fingerprint density at radius 2 is 1.83 bits per heavy atom. The number of rotatable bonds is 7. The number of alkyl halides is 3. The van der Waals surface area contributed by atoms with Crippen molar-refractivity contribution in [2.45, 2.75) is 30.0 Å². The van der Waals surface area contributed by atoms with Gasteiger partial charge in [0.25, 0.3) is 0 Å². The summed E-state index contributed by atoms with van der Waals surface area (Å²) in [7, 11) is -7.23. The first-order valence-electron chi connectivity index (χ1n) is 8.76. The van der Waals surface area contributed by atoms with Crippen LogP contribution in [0.4, 0.5) is 13.2 Å². The summed E-state index contributed by atoms with van der Waals surface area (Å²) in [5, 5.41) is 2.73. The second kappa shape index (κ2) is 9.00. The molecule has 1 aliphatic heterocycles. The topological polar surface area (TPSA) is 130 Å². The van der Waals surface area contributed by atoms with Crippen molar-refractivity contribution >= 4 is 19.9 Å². The lowest BCUT2D eigenvalue weighted by molar-refractivity contribution is -0.148. The minimum absolute atomic E-state index is 0.0406. The molecule has 9 nitrogen and oxygen atoms in total. The molecule has 1 saturated heterocycles. The van der Waals surface area contributed by atoms with Crippen LogP contribution in [-0.2, 0) is 19.9 Å². The normalized spacial score (nSPS) is 17.9.